The summed E-state index contributed by atoms with van der Waals surface area (Å²) in [4.78, 5) is 12.3. The molecule has 0 bridgehead atoms. The lowest BCUT2D eigenvalue weighted by Gasteiger charge is -2.12. The van der Waals surface area contributed by atoms with Crippen molar-refractivity contribution in [3.8, 4) is 0 Å². The van der Waals surface area contributed by atoms with E-state index in [1.807, 2.05) is 26.0 Å². The Morgan fingerprint density at radius 1 is 1.36 bits per heavy atom. The van der Waals surface area contributed by atoms with Gasteiger partial charge in [-0.25, -0.2) is 4.68 Å². The smallest absolute Gasteiger partial charge is 0.251 e. The molecule has 1 aromatic heterocycles. The topological polar surface area (TPSA) is 59.0 Å². The lowest BCUT2D eigenvalue weighted by Crippen LogP contribution is -2.24. The summed E-state index contributed by atoms with van der Waals surface area (Å²) in [5, 5.41) is 9.97. The molecule has 118 valence electrons. The molecular weight excluding hydrogens is 283 g/mol. The number of hydrogen-bond acceptors (Lipinski definition) is 3. The minimum atomic E-state index is -0.420. The first kappa shape index (κ1) is 16.0. The normalized spacial score (nSPS) is 10.6. The minimum absolute atomic E-state index is 0.120. The lowest BCUT2D eigenvalue weighted by atomic mass is 10.1. The third-order valence-electron chi connectivity index (χ3n) is 3.64. The van der Waals surface area contributed by atoms with E-state index in [2.05, 4.69) is 15.7 Å². The Kier molecular flexibility index (Phi) is 4.80. The Labute approximate surface area is 129 Å². The molecule has 22 heavy (non-hydrogen) atoms. The van der Waals surface area contributed by atoms with Crippen molar-refractivity contribution in [3.05, 3.63) is 46.5 Å². The number of benzene rings is 1. The van der Waals surface area contributed by atoms with E-state index in [4.69, 9.17) is 0 Å². The molecule has 0 saturated carbocycles. The Bertz CT molecular complexity index is 694. The third kappa shape index (κ3) is 3.10. The van der Waals surface area contributed by atoms with Gasteiger partial charge in [0.15, 0.2) is 0 Å². The number of amides is 1. The highest BCUT2D eigenvalue weighted by atomic mass is 19.1. The molecule has 2 rings (SSSR count). The second kappa shape index (κ2) is 6.60. The van der Waals surface area contributed by atoms with Gasteiger partial charge in [0.25, 0.3) is 5.91 Å². The molecule has 6 heteroatoms. The first-order valence-corrected chi connectivity index (χ1v) is 7.25. The second-order valence-corrected chi connectivity index (χ2v) is 5.17. The van der Waals surface area contributed by atoms with E-state index in [1.54, 1.807) is 13.0 Å². The first-order valence-electron chi connectivity index (χ1n) is 7.25. The van der Waals surface area contributed by atoms with Crippen LogP contribution in [0, 0.1) is 19.8 Å². The van der Waals surface area contributed by atoms with Crippen LogP contribution in [-0.4, -0.2) is 22.2 Å². The number of carbonyl (C=O) groups excluding carboxylic acids is 1. The van der Waals surface area contributed by atoms with E-state index in [-0.39, 0.29) is 12.5 Å². The van der Waals surface area contributed by atoms with Crippen LogP contribution in [-0.2, 0) is 13.6 Å². The van der Waals surface area contributed by atoms with Gasteiger partial charge >= 0.3 is 0 Å². The van der Waals surface area contributed by atoms with Crippen LogP contribution in [0.1, 0.15) is 34.1 Å². The van der Waals surface area contributed by atoms with E-state index in [0.29, 0.717) is 16.8 Å². The minimum Gasteiger partial charge on any atom is -0.385 e. The summed E-state index contributed by atoms with van der Waals surface area (Å²) < 4.78 is 15.0. The van der Waals surface area contributed by atoms with Gasteiger partial charge in [-0.15, -0.1) is 0 Å². The summed E-state index contributed by atoms with van der Waals surface area (Å²) in [6, 6.07) is 5.52. The lowest BCUT2D eigenvalue weighted by molar-refractivity contribution is 0.0950. The Hall–Kier alpha value is -2.37. The van der Waals surface area contributed by atoms with E-state index in [1.165, 1.54) is 11.7 Å². The fourth-order valence-electron chi connectivity index (χ4n) is 2.40. The average Bonchev–Trinajstić information content (AvgIpc) is 2.72. The Balaban J connectivity index is 2.14. The molecule has 0 radical (unpaired) electrons. The summed E-state index contributed by atoms with van der Waals surface area (Å²) in [6.45, 7) is 6.52. The van der Waals surface area contributed by atoms with Crippen LogP contribution in [0.2, 0.25) is 0 Å². The van der Waals surface area contributed by atoms with Gasteiger partial charge in [-0.2, -0.15) is 9.49 Å². The van der Waals surface area contributed by atoms with Crippen molar-refractivity contribution in [1.29, 1.82) is 0 Å². The molecule has 0 spiro atoms. The van der Waals surface area contributed by atoms with Gasteiger partial charge in [0, 0.05) is 37.0 Å². The van der Waals surface area contributed by atoms with E-state index < -0.39 is 5.95 Å². The number of hydrogen-bond donors (Lipinski definition) is 2. The molecule has 0 fully saturated rings. The highest BCUT2D eigenvalue weighted by Crippen LogP contribution is 2.19. The van der Waals surface area contributed by atoms with Crippen LogP contribution in [0.4, 0.5) is 10.1 Å². The predicted molar refractivity (Wildman–Crippen MR) is 84.4 cm³/mol. The number of nitrogens with zero attached hydrogens (tertiary/aromatic N) is 2. The Morgan fingerprint density at radius 3 is 2.68 bits per heavy atom. The third-order valence-corrected chi connectivity index (χ3v) is 3.64. The highest BCUT2D eigenvalue weighted by Gasteiger charge is 2.16. The molecule has 5 nitrogen and oxygen atoms in total. The second-order valence-electron chi connectivity index (χ2n) is 5.17. The van der Waals surface area contributed by atoms with Gasteiger partial charge < -0.3 is 10.6 Å². The molecule has 0 aliphatic heterocycles. The van der Waals surface area contributed by atoms with Crippen LogP contribution in [0.3, 0.4) is 0 Å². The summed E-state index contributed by atoms with van der Waals surface area (Å²) >= 11 is 0. The summed E-state index contributed by atoms with van der Waals surface area (Å²) in [6.07, 6.45) is 0. The van der Waals surface area contributed by atoms with Crippen molar-refractivity contribution >= 4 is 11.6 Å². The van der Waals surface area contributed by atoms with E-state index in [0.717, 1.165) is 17.8 Å². The monoisotopic (exact) mass is 304 g/mol. The number of aryl methyl sites for hydroxylation is 2. The van der Waals surface area contributed by atoms with Crippen molar-refractivity contribution in [2.45, 2.75) is 27.3 Å². The number of anilines is 1. The average molecular weight is 304 g/mol. The number of rotatable bonds is 5. The molecule has 0 aliphatic rings. The largest absolute Gasteiger partial charge is 0.385 e. The van der Waals surface area contributed by atoms with Crippen molar-refractivity contribution < 1.29 is 9.18 Å². The molecule has 0 unspecified atom stereocenters. The summed E-state index contributed by atoms with van der Waals surface area (Å²) in [7, 11) is 1.54. The maximum absolute atomic E-state index is 13.9. The van der Waals surface area contributed by atoms with E-state index >= 15 is 0 Å². The molecule has 1 amide bonds. The van der Waals surface area contributed by atoms with Crippen LogP contribution in [0.15, 0.2) is 18.2 Å². The van der Waals surface area contributed by atoms with Crippen molar-refractivity contribution in [1.82, 2.24) is 15.1 Å². The van der Waals surface area contributed by atoms with Gasteiger partial charge in [-0.05, 0) is 38.5 Å². The zero-order valence-corrected chi connectivity index (χ0v) is 13.3. The SMILES string of the molecule is CCNc1cccc(C(=O)NCc2c(C)nn(C)c2F)c1C. The highest BCUT2D eigenvalue weighted by molar-refractivity contribution is 5.97. The molecule has 0 saturated heterocycles. The number of halogens is 1. The molecular formula is C16H21FN4O. The molecule has 1 heterocycles. The zero-order valence-electron chi connectivity index (χ0n) is 13.3. The van der Waals surface area contributed by atoms with Gasteiger partial charge in [-0.3, -0.25) is 4.79 Å². The fraction of sp³-hybridized carbons (Fsp3) is 0.375. The maximum Gasteiger partial charge on any atom is 0.251 e. The first-order chi connectivity index (χ1) is 10.5. The van der Waals surface area contributed by atoms with Crippen molar-refractivity contribution in [2.75, 3.05) is 11.9 Å². The van der Waals surface area contributed by atoms with Crippen LogP contribution >= 0.6 is 0 Å². The van der Waals surface area contributed by atoms with Crippen molar-refractivity contribution in [2.24, 2.45) is 7.05 Å². The van der Waals surface area contributed by atoms with Gasteiger partial charge in [-0.1, -0.05) is 6.07 Å². The predicted octanol–water partition coefficient (Wildman–Crippen LogP) is 2.54. The quantitative estimate of drug-likeness (QED) is 0.892. The number of aromatic nitrogens is 2. The molecule has 1 aromatic carbocycles. The van der Waals surface area contributed by atoms with E-state index in [9.17, 15) is 9.18 Å². The fourth-order valence-corrected chi connectivity index (χ4v) is 2.40. The van der Waals surface area contributed by atoms with Gasteiger partial charge in [0.1, 0.15) is 0 Å². The van der Waals surface area contributed by atoms with Crippen LogP contribution in [0.25, 0.3) is 0 Å². The summed E-state index contributed by atoms with van der Waals surface area (Å²) in [5.41, 5.74) is 3.39. The molecule has 2 aromatic rings. The molecule has 2 N–H and O–H groups in total. The zero-order chi connectivity index (χ0) is 16.3. The molecule has 0 atom stereocenters. The number of carbonyl (C=O) groups is 1. The van der Waals surface area contributed by atoms with Crippen LogP contribution < -0.4 is 10.6 Å². The Morgan fingerprint density at radius 2 is 2.09 bits per heavy atom. The summed E-state index contributed by atoms with van der Waals surface area (Å²) in [5.74, 6) is -0.643. The van der Waals surface area contributed by atoms with Gasteiger partial charge in [0.05, 0.1) is 5.69 Å². The van der Waals surface area contributed by atoms with Crippen LogP contribution in [0.5, 0.6) is 0 Å². The van der Waals surface area contributed by atoms with Crippen molar-refractivity contribution in [3.63, 3.8) is 0 Å². The number of nitrogens with one attached hydrogen (secondary N) is 2. The molecule has 0 aliphatic carbocycles. The standard InChI is InChI=1S/C16H21FN4O/c1-5-18-14-8-6-7-12(10(14)2)16(22)19-9-13-11(3)20-21(4)15(13)17/h6-8,18H,5,9H2,1-4H3,(H,19,22). The maximum atomic E-state index is 13.9. The van der Waals surface area contributed by atoms with Gasteiger partial charge in [0.2, 0.25) is 5.95 Å².